The summed E-state index contributed by atoms with van der Waals surface area (Å²) in [5.41, 5.74) is 2.78. The first-order chi connectivity index (χ1) is 10.8. The van der Waals surface area contributed by atoms with E-state index in [1.165, 1.54) is 0 Å². The van der Waals surface area contributed by atoms with Gasteiger partial charge in [-0.3, -0.25) is 4.79 Å². The molecule has 0 spiro atoms. The zero-order chi connectivity index (χ0) is 15.1. The predicted octanol–water partition coefficient (Wildman–Crippen LogP) is 3.08. The molecule has 2 aromatic heterocycles. The Morgan fingerprint density at radius 2 is 1.82 bits per heavy atom. The average Bonchev–Trinajstić information content (AvgIpc) is 2.97. The molecule has 0 aliphatic rings. The summed E-state index contributed by atoms with van der Waals surface area (Å²) in [6.07, 6.45) is 0. The van der Waals surface area contributed by atoms with Gasteiger partial charge >= 0.3 is 0 Å². The molecule has 0 amide bonds. The summed E-state index contributed by atoms with van der Waals surface area (Å²) in [7, 11) is 1.61. The van der Waals surface area contributed by atoms with Crippen LogP contribution in [0.4, 0.5) is 0 Å². The first-order valence-corrected chi connectivity index (χ1v) is 6.91. The Balaban J connectivity index is 2.01. The van der Waals surface area contributed by atoms with Crippen LogP contribution in [-0.2, 0) is 0 Å². The minimum absolute atomic E-state index is 0.181. The van der Waals surface area contributed by atoms with Crippen LogP contribution in [0.2, 0.25) is 0 Å². The molecule has 0 aliphatic carbocycles. The van der Waals surface area contributed by atoms with Gasteiger partial charge in [0.25, 0.3) is 5.56 Å². The maximum absolute atomic E-state index is 12.4. The standard InChI is InChI=1S/C17H13N3O2/c1-22-15-8-4-7-12-10(15)9-11(17(21)20-12)16-18-13-5-2-3-6-14(13)19-16/h2-9H,1H3,(H,18,19)(H,20,21). The first kappa shape index (κ1) is 12.6. The Hall–Kier alpha value is -3.08. The highest BCUT2D eigenvalue weighted by atomic mass is 16.5. The van der Waals surface area contributed by atoms with Crippen molar-refractivity contribution in [3.05, 3.63) is 58.9 Å². The number of aromatic nitrogens is 3. The molecule has 0 bridgehead atoms. The van der Waals surface area contributed by atoms with Gasteiger partial charge in [0.1, 0.15) is 11.6 Å². The van der Waals surface area contributed by atoms with Gasteiger partial charge in [0.05, 0.1) is 29.2 Å². The molecular weight excluding hydrogens is 278 g/mol. The molecule has 2 aromatic carbocycles. The number of pyridine rings is 1. The molecular formula is C17H13N3O2. The molecule has 0 saturated heterocycles. The number of methoxy groups -OCH3 is 1. The molecule has 22 heavy (non-hydrogen) atoms. The molecule has 0 aliphatic heterocycles. The normalized spacial score (nSPS) is 11.1. The van der Waals surface area contributed by atoms with Crippen molar-refractivity contribution in [2.45, 2.75) is 0 Å². The van der Waals surface area contributed by atoms with Crippen molar-refractivity contribution in [2.24, 2.45) is 0 Å². The minimum Gasteiger partial charge on any atom is -0.496 e. The number of rotatable bonds is 2. The van der Waals surface area contributed by atoms with Gasteiger partial charge < -0.3 is 14.7 Å². The summed E-state index contributed by atoms with van der Waals surface area (Å²) in [5.74, 6) is 1.27. The topological polar surface area (TPSA) is 70.8 Å². The van der Waals surface area contributed by atoms with Crippen LogP contribution in [0.15, 0.2) is 53.3 Å². The van der Waals surface area contributed by atoms with Gasteiger partial charge in [-0.15, -0.1) is 0 Å². The molecule has 4 aromatic rings. The number of nitrogens with one attached hydrogen (secondary N) is 2. The molecule has 2 heterocycles. The lowest BCUT2D eigenvalue weighted by Crippen LogP contribution is -2.09. The summed E-state index contributed by atoms with van der Waals surface area (Å²) in [5, 5.41) is 0.847. The third-order valence-electron chi connectivity index (χ3n) is 3.71. The second-order valence-corrected chi connectivity index (χ2v) is 5.04. The number of aromatic amines is 2. The predicted molar refractivity (Wildman–Crippen MR) is 86.2 cm³/mol. The van der Waals surface area contributed by atoms with E-state index in [-0.39, 0.29) is 5.56 Å². The number of hydrogen-bond donors (Lipinski definition) is 2. The molecule has 0 saturated carbocycles. The number of nitrogens with zero attached hydrogens (tertiary/aromatic N) is 1. The van der Waals surface area contributed by atoms with E-state index in [0.717, 1.165) is 21.9 Å². The van der Waals surface area contributed by atoms with Crippen LogP contribution in [0.25, 0.3) is 33.3 Å². The van der Waals surface area contributed by atoms with E-state index in [1.807, 2.05) is 48.5 Å². The van der Waals surface area contributed by atoms with Gasteiger partial charge in [0, 0.05) is 5.39 Å². The van der Waals surface area contributed by atoms with Crippen LogP contribution in [-0.4, -0.2) is 22.1 Å². The van der Waals surface area contributed by atoms with Crippen molar-refractivity contribution in [3.8, 4) is 17.1 Å². The number of fused-ring (bicyclic) bond motifs is 2. The number of hydrogen-bond acceptors (Lipinski definition) is 3. The number of ether oxygens (including phenoxy) is 1. The number of imidazole rings is 1. The molecule has 0 unspecified atom stereocenters. The summed E-state index contributed by atoms with van der Waals surface area (Å²) in [4.78, 5) is 22.9. The summed E-state index contributed by atoms with van der Waals surface area (Å²) >= 11 is 0. The minimum atomic E-state index is -0.181. The van der Waals surface area contributed by atoms with E-state index >= 15 is 0 Å². The average molecular weight is 291 g/mol. The van der Waals surface area contributed by atoms with Crippen molar-refractivity contribution in [2.75, 3.05) is 7.11 Å². The van der Waals surface area contributed by atoms with E-state index in [1.54, 1.807) is 7.11 Å². The highest BCUT2D eigenvalue weighted by molar-refractivity contribution is 5.89. The largest absolute Gasteiger partial charge is 0.496 e. The van der Waals surface area contributed by atoms with Gasteiger partial charge in [0.2, 0.25) is 0 Å². The van der Waals surface area contributed by atoms with Crippen LogP contribution in [0.1, 0.15) is 0 Å². The van der Waals surface area contributed by atoms with E-state index in [2.05, 4.69) is 15.0 Å². The highest BCUT2D eigenvalue weighted by Crippen LogP contribution is 2.26. The molecule has 2 N–H and O–H groups in total. The Morgan fingerprint density at radius 1 is 1.00 bits per heavy atom. The van der Waals surface area contributed by atoms with Crippen molar-refractivity contribution < 1.29 is 4.74 Å². The summed E-state index contributed by atoms with van der Waals surface area (Å²) in [6, 6.07) is 15.1. The van der Waals surface area contributed by atoms with Crippen molar-refractivity contribution >= 4 is 21.9 Å². The summed E-state index contributed by atoms with van der Waals surface area (Å²) < 4.78 is 5.36. The van der Waals surface area contributed by atoms with Gasteiger partial charge in [0.15, 0.2) is 0 Å². The molecule has 108 valence electrons. The Bertz CT molecular complexity index is 1010. The molecule has 5 nitrogen and oxygen atoms in total. The van der Waals surface area contributed by atoms with Crippen LogP contribution < -0.4 is 10.3 Å². The van der Waals surface area contributed by atoms with Crippen molar-refractivity contribution in [1.29, 1.82) is 0 Å². The number of H-pyrrole nitrogens is 2. The third-order valence-corrected chi connectivity index (χ3v) is 3.71. The van der Waals surface area contributed by atoms with Gasteiger partial charge in [-0.25, -0.2) is 4.98 Å². The molecule has 4 rings (SSSR count). The first-order valence-electron chi connectivity index (χ1n) is 6.91. The lowest BCUT2D eigenvalue weighted by molar-refractivity contribution is 0.420. The lowest BCUT2D eigenvalue weighted by atomic mass is 10.1. The Labute approximate surface area is 125 Å². The van der Waals surface area contributed by atoms with Gasteiger partial charge in [-0.05, 0) is 30.3 Å². The van der Waals surface area contributed by atoms with Gasteiger partial charge in [-0.2, -0.15) is 0 Å². The van der Waals surface area contributed by atoms with Crippen LogP contribution in [0.5, 0.6) is 5.75 Å². The van der Waals surface area contributed by atoms with E-state index in [0.29, 0.717) is 17.1 Å². The third kappa shape index (κ3) is 1.87. The Kier molecular flexibility index (Phi) is 2.72. The van der Waals surface area contributed by atoms with E-state index < -0.39 is 0 Å². The maximum atomic E-state index is 12.4. The SMILES string of the molecule is COc1cccc2[nH]c(=O)c(-c3nc4ccccc4[nH]3)cc12. The molecule has 5 heteroatoms. The number of para-hydroxylation sites is 2. The zero-order valence-electron chi connectivity index (χ0n) is 11.9. The fourth-order valence-electron chi connectivity index (χ4n) is 2.64. The van der Waals surface area contributed by atoms with Crippen molar-refractivity contribution in [1.82, 2.24) is 15.0 Å². The maximum Gasteiger partial charge on any atom is 0.259 e. The second-order valence-electron chi connectivity index (χ2n) is 5.04. The quantitative estimate of drug-likeness (QED) is 0.596. The number of benzene rings is 2. The smallest absolute Gasteiger partial charge is 0.259 e. The monoisotopic (exact) mass is 291 g/mol. The van der Waals surface area contributed by atoms with E-state index in [9.17, 15) is 4.79 Å². The van der Waals surface area contributed by atoms with E-state index in [4.69, 9.17) is 4.74 Å². The molecule has 0 atom stereocenters. The van der Waals surface area contributed by atoms with Crippen LogP contribution in [0.3, 0.4) is 0 Å². The lowest BCUT2D eigenvalue weighted by Gasteiger charge is -2.06. The fourth-order valence-corrected chi connectivity index (χ4v) is 2.64. The molecule has 0 radical (unpaired) electrons. The van der Waals surface area contributed by atoms with Crippen LogP contribution in [0, 0.1) is 0 Å². The second kappa shape index (κ2) is 4.73. The fraction of sp³-hybridized carbons (Fsp3) is 0.0588. The molecule has 0 fully saturated rings. The summed E-state index contributed by atoms with van der Waals surface area (Å²) in [6.45, 7) is 0. The highest BCUT2D eigenvalue weighted by Gasteiger charge is 2.12. The zero-order valence-corrected chi connectivity index (χ0v) is 11.9. The van der Waals surface area contributed by atoms with Gasteiger partial charge in [-0.1, -0.05) is 18.2 Å². The van der Waals surface area contributed by atoms with Crippen molar-refractivity contribution in [3.63, 3.8) is 0 Å². The Morgan fingerprint density at radius 3 is 2.64 bits per heavy atom. The van der Waals surface area contributed by atoms with Crippen LogP contribution >= 0.6 is 0 Å².